The first-order valence-electron chi connectivity index (χ1n) is 6.96. The number of para-hydroxylation sites is 2. The van der Waals surface area contributed by atoms with E-state index in [9.17, 15) is 4.79 Å². The summed E-state index contributed by atoms with van der Waals surface area (Å²) in [6, 6.07) is 7.52. The molecule has 1 heterocycles. The average Bonchev–Trinajstić information content (AvgIpc) is 2.88. The lowest BCUT2D eigenvalue weighted by Gasteiger charge is -2.18. The van der Waals surface area contributed by atoms with Crippen LogP contribution in [0.1, 0.15) is 32.7 Å². The Balaban J connectivity index is 2.07. The quantitative estimate of drug-likeness (QED) is 0.845. The van der Waals surface area contributed by atoms with Crippen molar-refractivity contribution in [2.24, 2.45) is 0 Å². The highest BCUT2D eigenvalue weighted by Crippen LogP contribution is 2.17. The Hall–Kier alpha value is -1.88. The zero-order valence-electron chi connectivity index (χ0n) is 11.9. The Morgan fingerprint density at radius 2 is 2.15 bits per heavy atom. The van der Waals surface area contributed by atoms with Gasteiger partial charge in [0.25, 0.3) is 0 Å². The highest BCUT2D eigenvalue weighted by atomic mass is 16.3. The maximum absolute atomic E-state index is 12.2. The summed E-state index contributed by atoms with van der Waals surface area (Å²) >= 11 is 0. The number of nitrogens with one attached hydrogen (secondary N) is 1. The molecular weight excluding hydrogens is 254 g/mol. The standard InChI is InChI=1S/C15H21N3O2/c1-11(6-5-9-19)17-15(20)12(2)18-10-16-13-7-3-4-8-14(13)18/h3-4,7-8,10-12,19H,5-6,9H2,1-2H3,(H,17,20). The molecule has 2 unspecified atom stereocenters. The highest BCUT2D eigenvalue weighted by molar-refractivity contribution is 5.83. The minimum atomic E-state index is -0.307. The molecule has 20 heavy (non-hydrogen) atoms. The van der Waals surface area contributed by atoms with Crippen molar-refractivity contribution < 1.29 is 9.90 Å². The van der Waals surface area contributed by atoms with Gasteiger partial charge in [-0.15, -0.1) is 0 Å². The minimum absolute atomic E-state index is 0.0291. The first kappa shape index (κ1) is 14.5. The van der Waals surface area contributed by atoms with Crippen LogP contribution < -0.4 is 5.32 Å². The lowest BCUT2D eigenvalue weighted by Crippen LogP contribution is -2.37. The molecule has 2 N–H and O–H groups in total. The Bertz CT molecular complexity index is 579. The maximum Gasteiger partial charge on any atom is 0.243 e. The van der Waals surface area contributed by atoms with Crippen molar-refractivity contribution in [3.8, 4) is 0 Å². The first-order valence-corrected chi connectivity index (χ1v) is 6.96. The Morgan fingerprint density at radius 1 is 1.40 bits per heavy atom. The minimum Gasteiger partial charge on any atom is -0.396 e. The smallest absolute Gasteiger partial charge is 0.243 e. The molecule has 1 amide bonds. The number of rotatable bonds is 6. The molecule has 108 valence electrons. The number of carbonyl (C=O) groups excluding carboxylic acids is 1. The third-order valence-corrected chi connectivity index (χ3v) is 3.46. The van der Waals surface area contributed by atoms with Crippen molar-refractivity contribution in [2.45, 2.75) is 38.8 Å². The van der Waals surface area contributed by atoms with Gasteiger partial charge in [-0.3, -0.25) is 4.79 Å². The summed E-state index contributed by atoms with van der Waals surface area (Å²) in [5.41, 5.74) is 1.85. The van der Waals surface area contributed by atoms with Gasteiger partial charge in [0, 0.05) is 12.6 Å². The number of aromatic nitrogens is 2. The van der Waals surface area contributed by atoms with Gasteiger partial charge in [0.1, 0.15) is 6.04 Å². The van der Waals surface area contributed by atoms with Crippen LogP contribution in [0.2, 0.25) is 0 Å². The summed E-state index contributed by atoms with van der Waals surface area (Å²) < 4.78 is 1.88. The molecule has 0 aliphatic heterocycles. The van der Waals surface area contributed by atoms with Crippen LogP contribution in [0.4, 0.5) is 0 Å². The second kappa shape index (κ2) is 6.52. The molecular formula is C15H21N3O2. The van der Waals surface area contributed by atoms with Crippen LogP contribution in [-0.4, -0.2) is 33.2 Å². The van der Waals surface area contributed by atoms with Gasteiger partial charge in [-0.05, 0) is 38.8 Å². The zero-order chi connectivity index (χ0) is 14.5. The fourth-order valence-corrected chi connectivity index (χ4v) is 2.25. The number of aliphatic hydroxyl groups is 1. The number of hydrogen-bond acceptors (Lipinski definition) is 3. The molecule has 0 saturated carbocycles. The van der Waals surface area contributed by atoms with E-state index in [1.807, 2.05) is 42.7 Å². The highest BCUT2D eigenvalue weighted by Gasteiger charge is 2.18. The Labute approximate surface area is 118 Å². The predicted octanol–water partition coefficient (Wildman–Crippen LogP) is 1.87. The van der Waals surface area contributed by atoms with Crippen LogP contribution in [0.25, 0.3) is 11.0 Å². The van der Waals surface area contributed by atoms with E-state index in [2.05, 4.69) is 10.3 Å². The van der Waals surface area contributed by atoms with E-state index in [1.54, 1.807) is 6.33 Å². The maximum atomic E-state index is 12.2. The number of fused-ring (bicyclic) bond motifs is 1. The SMILES string of the molecule is CC(CCCO)NC(=O)C(C)n1cnc2ccccc21. The van der Waals surface area contributed by atoms with Gasteiger partial charge in [0.05, 0.1) is 17.4 Å². The van der Waals surface area contributed by atoms with Crippen LogP contribution in [-0.2, 0) is 4.79 Å². The van der Waals surface area contributed by atoms with Crippen molar-refractivity contribution in [3.63, 3.8) is 0 Å². The molecule has 5 nitrogen and oxygen atoms in total. The summed E-state index contributed by atoms with van der Waals surface area (Å²) in [5.74, 6) is -0.0291. The van der Waals surface area contributed by atoms with E-state index in [1.165, 1.54) is 0 Å². The molecule has 2 atom stereocenters. The normalized spacial score (nSPS) is 14.2. The molecule has 0 aliphatic rings. The van der Waals surface area contributed by atoms with Crippen molar-refractivity contribution in [1.82, 2.24) is 14.9 Å². The number of imidazole rings is 1. The zero-order valence-corrected chi connectivity index (χ0v) is 11.9. The molecule has 1 aromatic carbocycles. The molecule has 0 radical (unpaired) electrons. The topological polar surface area (TPSA) is 67.2 Å². The number of benzene rings is 1. The fraction of sp³-hybridized carbons (Fsp3) is 0.467. The third kappa shape index (κ3) is 3.17. The van der Waals surface area contributed by atoms with Gasteiger partial charge in [0.2, 0.25) is 5.91 Å². The lowest BCUT2D eigenvalue weighted by atomic mass is 10.1. The summed E-state index contributed by atoms with van der Waals surface area (Å²) in [4.78, 5) is 16.5. The number of carbonyl (C=O) groups is 1. The van der Waals surface area contributed by atoms with E-state index in [0.717, 1.165) is 17.5 Å². The lowest BCUT2D eigenvalue weighted by molar-refractivity contribution is -0.124. The molecule has 1 aromatic heterocycles. The fourth-order valence-electron chi connectivity index (χ4n) is 2.25. The summed E-state index contributed by atoms with van der Waals surface area (Å²) in [6.45, 7) is 3.97. The summed E-state index contributed by atoms with van der Waals surface area (Å²) in [7, 11) is 0. The molecule has 2 rings (SSSR count). The van der Waals surface area contributed by atoms with Gasteiger partial charge in [-0.25, -0.2) is 4.98 Å². The van der Waals surface area contributed by atoms with Crippen LogP contribution in [0, 0.1) is 0 Å². The molecule has 0 bridgehead atoms. The number of amides is 1. The third-order valence-electron chi connectivity index (χ3n) is 3.46. The Morgan fingerprint density at radius 3 is 2.90 bits per heavy atom. The largest absolute Gasteiger partial charge is 0.396 e. The van der Waals surface area contributed by atoms with E-state index < -0.39 is 0 Å². The second-order valence-electron chi connectivity index (χ2n) is 5.09. The molecule has 0 fully saturated rings. The van der Waals surface area contributed by atoms with E-state index in [0.29, 0.717) is 6.42 Å². The van der Waals surface area contributed by atoms with Crippen LogP contribution in [0.15, 0.2) is 30.6 Å². The van der Waals surface area contributed by atoms with Gasteiger partial charge >= 0.3 is 0 Å². The predicted molar refractivity (Wildman–Crippen MR) is 78.4 cm³/mol. The van der Waals surface area contributed by atoms with Crippen molar-refractivity contribution in [1.29, 1.82) is 0 Å². The molecule has 0 spiro atoms. The summed E-state index contributed by atoms with van der Waals surface area (Å²) in [5, 5.41) is 11.8. The average molecular weight is 275 g/mol. The van der Waals surface area contributed by atoms with Gasteiger partial charge in [0.15, 0.2) is 0 Å². The monoisotopic (exact) mass is 275 g/mol. The Kier molecular flexibility index (Phi) is 4.74. The first-order chi connectivity index (χ1) is 9.63. The molecule has 0 aliphatic carbocycles. The van der Waals surface area contributed by atoms with Crippen molar-refractivity contribution in [2.75, 3.05) is 6.61 Å². The number of nitrogens with zero attached hydrogens (tertiary/aromatic N) is 2. The second-order valence-corrected chi connectivity index (χ2v) is 5.09. The van der Waals surface area contributed by atoms with Gasteiger partial charge in [-0.2, -0.15) is 0 Å². The molecule has 5 heteroatoms. The van der Waals surface area contributed by atoms with E-state index in [4.69, 9.17) is 5.11 Å². The number of aliphatic hydroxyl groups excluding tert-OH is 1. The van der Waals surface area contributed by atoms with Crippen LogP contribution in [0.5, 0.6) is 0 Å². The number of hydrogen-bond donors (Lipinski definition) is 2. The van der Waals surface area contributed by atoms with Crippen LogP contribution in [0.3, 0.4) is 0 Å². The van der Waals surface area contributed by atoms with Crippen molar-refractivity contribution in [3.05, 3.63) is 30.6 Å². The van der Waals surface area contributed by atoms with Crippen molar-refractivity contribution >= 4 is 16.9 Å². The van der Waals surface area contributed by atoms with Gasteiger partial charge < -0.3 is 15.0 Å². The molecule has 0 saturated heterocycles. The van der Waals surface area contributed by atoms with E-state index >= 15 is 0 Å². The van der Waals surface area contributed by atoms with E-state index in [-0.39, 0.29) is 24.6 Å². The summed E-state index contributed by atoms with van der Waals surface area (Å²) in [6.07, 6.45) is 3.18. The molecule has 2 aromatic rings. The van der Waals surface area contributed by atoms with Crippen LogP contribution >= 0.6 is 0 Å². The van der Waals surface area contributed by atoms with Gasteiger partial charge in [-0.1, -0.05) is 12.1 Å².